The molecule has 8 nitrogen and oxygen atoms in total. The summed E-state index contributed by atoms with van der Waals surface area (Å²) in [6, 6.07) is 9.71. The molecular weight excluding hydrogens is 470 g/mol. The topological polar surface area (TPSA) is 89.1 Å². The van der Waals surface area contributed by atoms with Crippen LogP contribution in [0.4, 0.5) is 16.2 Å². The number of benzene rings is 2. The number of anilines is 2. The first-order valence-electron chi connectivity index (χ1n) is 13.1. The number of ether oxygens (including phenoxy) is 3. The molecule has 0 radical (unpaired) electrons. The standard InChI is InChI=1S/C29H37N3O5/c1-18-6-12-24(37-17-29(3)15-36-16-29)26-23(18)14-32(28(34)31-26)22-10-7-20(8-11-22)27(33)30-21-9-5-19(2)25(13-21)35-4/h5-6,9,12-13,20,22H,7-8,10-11,14-17H2,1-4H3,(H,30,33)(H,31,34). The van der Waals surface area contributed by atoms with Crippen LogP contribution in [0.5, 0.6) is 11.5 Å². The van der Waals surface area contributed by atoms with E-state index in [1.54, 1.807) is 7.11 Å². The highest BCUT2D eigenvalue weighted by molar-refractivity contribution is 5.95. The molecule has 0 unspecified atom stereocenters. The fourth-order valence-corrected chi connectivity index (χ4v) is 5.48. The highest BCUT2D eigenvalue weighted by atomic mass is 16.5. The van der Waals surface area contributed by atoms with Crippen LogP contribution in [-0.4, -0.2) is 49.8 Å². The van der Waals surface area contributed by atoms with E-state index in [1.807, 2.05) is 36.1 Å². The van der Waals surface area contributed by atoms with Crippen LogP contribution >= 0.6 is 0 Å². The zero-order chi connectivity index (χ0) is 26.2. The fraction of sp³-hybridized carbons (Fsp3) is 0.517. The van der Waals surface area contributed by atoms with Gasteiger partial charge in [0.1, 0.15) is 11.5 Å². The van der Waals surface area contributed by atoms with Gasteiger partial charge in [0.05, 0.1) is 39.2 Å². The number of aryl methyl sites for hydroxylation is 2. The number of fused-ring (bicyclic) bond motifs is 1. The van der Waals surface area contributed by atoms with Crippen LogP contribution in [-0.2, 0) is 16.1 Å². The van der Waals surface area contributed by atoms with Gasteiger partial charge >= 0.3 is 6.03 Å². The van der Waals surface area contributed by atoms with E-state index < -0.39 is 0 Å². The lowest BCUT2D eigenvalue weighted by Gasteiger charge is -2.40. The van der Waals surface area contributed by atoms with Crippen molar-refractivity contribution in [3.8, 4) is 11.5 Å². The van der Waals surface area contributed by atoms with Crippen LogP contribution in [0.1, 0.15) is 49.3 Å². The normalized spacial score (nSPS) is 22.4. The van der Waals surface area contributed by atoms with Gasteiger partial charge in [0.15, 0.2) is 0 Å². The first-order valence-corrected chi connectivity index (χ1v) is 13.1. The quantitative estimate of drug-likeness (QED) is 0.533. The molecule has 0 bridgehead atoms. The third kappa shape index (κ3) is 5.25. The number of urea groups is 1. The number of hydrogen-bond donors (Lipinski definition) is 2. The van der Waals surface area contributed by atoms with Gasteiger partial charge in [0, 0.05) is 34.7 Å². The Morgan fingerprint density at radius 3 is 2.51 bits per heavy atom. The monoisotopic (exact) mass is 507 g/mol. The molecule has 0 spiro atoms. The second-order valence-corrected chi connectivity index (χ2v) is 11.1. The predicted octanol–water partition coefficient (Wildman–Crippen LogP) is 5.27. The molecule has 8 heteroatoms. The molecule has 1 aliphatic carbocycles. The molecule has 2 aromatic carbocycles. The summed E-state index contributed by atoms with van der Waals surface area (Å²) in [6.45, 7) is 8.69. The van der Waals surface area contributed by atoms with Gasteiger partial charge in [-0.1, -0.05) is 19.1 Å². The summed E-state index contributed by atoms with van der Waals surface area (Å²) in [5, 5.41) is 6.15. The molecule has 2 fully saturated rings. The van der Waals surface area contributed by atoms with E-state index in [-0.39, 0.29) is 29.3 Å². The Bertz CT molecular complexity index is 1180. The fourth-order valence-electron chi connectivity index (χ4n) is 5.48. The third-order valence-electron chi connectivity index (χ3n) is 7.99. The van der Waals surface area contributed by atoms with E-state index in [0.29, 0.717) is 26.4 Å². The van der Waals surface area contributed by atoms with Gasteiger partial charge in [0.2, 0.25) is 5.91 Å². The summed E-state index contributed by atoms with van der Waals surface area (Å²) in [4.78, 5) is 28.0. The lowest BCUT2D eigenvalue weighted by molar-refractivity contribution is -0.121. The second-order valence-electron chi connectivity index (χ2n) is 11.1. The molecule has 5 rings (SSSR count). The Kier molecular flexibility index (Phi) is 7.03. The van der Waals surface area contributed by atoms with Crippen molar-refractivity contribution >= 4 is 23.3 Å². The zero-order valence-electron chi connectivity index (χ0n) is 22.2. The molecule has 1 saturated carbocycles. The molecule has 2 N–H and O–H groups in total. The minimum Gasteiger partial charge on any atom is -0.496 e. The van der Waals surface area contributed by atoms with Gasteiger partial charge in [0.25, 0.3) is 0 Å². The van der Waals surface area contributed by atoms with Crippen molar-refractivity contribution in [2.24, 2.45) is 11.3 Å². The average Bonchev–Trinajstić information content (AvgIpc) is 2.88. The first-order chi connectivity index (χ1) is 17.8. The number of methoxy groups -OCH3 is 1. The Balaban J connectivity index is 1.20. The van der Waals surface area contributed by atoms with Crippen molar-refractivity contribution in [1.29, 1.82) is 0 Å². The molecule has 2 heterocycles. The highest BCUT2D eigenvalue weighted by Crippen LogP contribution is 2.39. The van der Waals surface area contributed by atoms with Crippen molar-refractivity contribution in [2.45, 2.75) is 59.0 Å². The Morgan fingerprint density at radius 1 is 1.11 bits per heavy atom. The van der Waals surface area contributed by atoms with Crippen LogP contribution in [0, 0.1) is 25.2 Å². The summed E-state index contributed by atoms with van der Waals surface area (Å²) in [5.41, 5.74) is 4.81. The van der Waals surface area contributed by atoms with Crippen molar-refractivity contribution in [3.63, 3.8) is 0 Å². The van der Waals surface area contributed by atoms with Crippen LogP contribution in [0.3, 0.4) is 0 Å². The van der Waals surface area contributed by atoms with E-state index in [1.165, 1.54) is 0 Å². The predicted molar refractivity (Wildman–Crippen MR) is 142 cm³/mol. The maximum Gasteiger partial charge on any atom is 0.322 e. The van der Waals surface area contributed by atoms with E-state index in [9.17, 15) is 9.59 Å². The molecule has 0 aromatic heterocycles. The molecule has 3 amide bonds. The lowest BCUT2D eigenvalue weighted by atomic mass is 9.84. The molecule has 0 atom stereocenters. The van der Waals surface area contributed by atoms with E-state index >= 15 is 0 Å². The number of rotatable bonds is 7. The molecule has 2 aliphatic heterocycles. The molecule has 37 heavy (non-hydrogen) atoms. The molecule has 1 saturated heterocycles. The first kappa shape index (κ1) is 25.4. The lowest BCUT2D eigenvalue weighted by Crippen LogP contribution is -2.47. The van der Waals surface area contributed by atoms with Gasteiger partial charge in [-0.2, -0.15) is 0 Å². The van der Waals surface area contributed by atoms with Crippen LogP contribution < -0.4 is 20.1 Å². The summed E-state index contributed by atoms with van der Waals surface area (Å²) in [6.07, 6.45) is 3.09. The van der Waals surface area contributed by atoms with Gasteiger partial charge in [-0.15, -0.1) is 0 Å². The van der Waals surface area contributed by atoms with E-state index in [4.69, 9.17) is 14.2 Å². The van der Waals surface area contributed by atoms with Gasteiger partial charge in [-0.25, -0.2) is 4.79 Å². The smallest absolute Gasteiger partial charge is 0.322 e. The SMILES string of the molecule is COc1cc(NC(=O)C2CCC(N3Cc4c(C)ccc(OCC5(C)COC5)c4NC3=O)CC2)ccc1C. The summed E-state index contributed by atoms with van der Waals surface area (Å²) >= 11 is 0. The van der Waals surface area contributed by atoms with Crippen LogP contribution in [0.15, 0.2) is 30.3 Å². The number of hydrogen-bond acceptors (Lipinski definition) is 5. The minimum absolute atomic E-state index is 0.0267. The second kappa shape index (κ2) is 10.2. The number of carbonyl (C=O) groups excluding carboxylic acids is 2. The Hall–Kier alpha value is -3.26. The number of amides is 3. The minimum atomic E-state index is -0.0965. The molecule has 2 aromatic rings. The number of nitrogens with one attached hydrogen (secondary N) is 2. The van der Waals surface area contributed by atoms with Crippen molar-refractivity contribution in [2.75, 3.05) is 37.6 Å². The summed E-state index contributed by atoms with van der Waals surface area (Å²) < 4.78 is 16.8. The Labute approximate surface area is 218 Å². The van der Waals surface area contributed by atoms with Crippen LogP contribution in [0.25, 0.3) is 0 Å². The van der Waals surface area contributed by atoms with Crippen LogP contribution in [0.2, 0.25) is 0 Å². The van der Waals surface area contributed by atoms with Crippen molar-refractivity contribution < 1.29 is 23.8 Å². The molecule has 198 valence electrons. The summed E-state index contributed by atoms with van der Waals surface area (Å²) in [5.74, 6) is 1.44. The highest BCUT2D eigenvalue weighted by Gasteiger charge is 2.37. The van der Waals surface area contributed by atoms with Gasteiger partial charge in [-0.3, -0.25) is 4.79 Å². The largest absolute Gasteiger partial charge is 0.496 e. The van der Waals surface area contributed by atoms with Crippen molar-refractivity contribution in [1.82, 2.24) is 4.90 Å². The molecule has 3 aliphatic rings. The van der Waals surface area contributed by atoms with Gasteiger partial charge in [-0.05, 0) is 62.8 Å². The third-order valence-corrected chi connectivity index (χ3v) is 7.99. The van der Waals surface area contributed by atoms with E-state index in [0.717, 1.165) is 65.2 Å². The average molecular weight is 508 g/mol. The maximum absolute atomic E-state index is 13.2. The number of carbonyl (C=O) groups is 2. The maximum atomic E-state index is 13.2. The van der Waals surface area contributed by atoms with Crippen molar-refractivity contribution in [3.05, 3.63) is 47.0 Å². The Morgan fingerprint density at radius 2 is 1.84 bits per heavy atom. The van der Waals surface area contributed by atoms with Gasteiger partial charge < -0.3 is 29.7 Å². The van der Waals surface area contributed by atoms with E-state index in [2.05, 4.69) is 30.5 Å². The summed E-state index contributed by atoms with van der Waals surface area (Å²) in [7, 11) is 1.63. The number of nitrogens with zero attached hydrogens (tertiary/aromatic N) is 1. The molecular formula is C29H37N3O5. The zero-order valence-corrected chi connectivity index (χ0v) is 22.2.